The highest BCUT2D eigenvalue weighted by molar-refractivity contribution is 7.99. The van der Waals surface area contributed by atoms with Crippen molar-refractivity contribution in [2.75, 3.05) is 11.6 Å². The molecule has 1 aliphatic heterocycles. The summed E-state index contributed by atoms with van der Waals surface area (Å²) in [6.45, 7) is 1.68. The number of nitrogens with zero attached hydrogens (tertiary/aromatic N) is 1. The van der Waals surface area contributed by atoms with E-state index in [9.17, 15) is 14.4 Å². The van der Waals surface area contributed by atoms with Crippen molar-refractivity contribution < 1.29 is 23.9 Å². The fraction of sp³-hybridized carbons (Fsp3) is 0.588. The Hall–Kier alpha value is -1.96. The van der Waals surface area contributed by atoms with Crippen molar-refractivity contribution in [3.8, 4) is 0 Å². The number of rotatable bonds is 5. The second-order valence-corrected chi connectivity index (χ2v) is 7.51. The lowest BCUT2D eigenvalue weighted by atomic mass is 10.1. The first-order valence-corrected chi connectivity index (χ1v) is 9.61. The number of amides is 2. The highest BCUT2D eigenvalue weighted by Crippen LogP contribution is 2.30. The van der Waals surface area contributed by atoms with Crippen LogP contribution < -0.4 is 5.32 Å². The zero-order valence-corrected chi connectivity index (χ0v) is 14.9. The van der Waals surface area contributed by atoms with Gasteiger partial charge in [0.15, 0.2) is 0 Å². The lowest BCUT2D eigenvalue weighted by Crippen LogP contribution is -2.48. The van der Waals surface area contributed by atoms with Gasteiger partial charge in [0, 0.05) is 11.7 Å². The molecule has 136 valence electrons. The number of carboxylic acids is 1. The van der Waals surface area contributed by atoms with Gasteiger partial charge in [-0.05, 0) is 25.8 Å². The SMILES string of the molecule is Cc1oc(CNC(=O)C2CSCN2C(=O)C2CCCC2)cc1C(=O)O. The zero-order valence-electron chi connectivity index (χ0n) is 14.1. The molecule has 2 aliphatic rings. The quantitative estimate of drug-likeness (QED) is 0.827. The summed E-state index contributed by atoms with van der Waals surface area (Å²) in [5.74, 6) is 0.707. The van der Waals surface area contributed by atoms with Gasteiger partial charge < -0.3 is 19.7 Å². The summed E-state index contributed by atoms with van der Waals surface area (Å²) in [4.78, 5) is 37.8. The van der Waals surface area contributed by atoms with Gasteiger partial charge in [0.05, 0.1) is 12.4 Å². The minimum absolute atomic E-state index is 0.0554. The predicted octanol–water partition coefficient (Wildman–Crippen LogP) is 1.99. The maximum absolute atomic E-state index is 12.6. The summed E-state index contributed by atoms with van der Waals surface area (Å²) in [6, 6.07) is 0.955. The van der Waals surface area contributed by atoms with E-state index in [-0.39, 0.29) is 29.8 Å². The number of thioether (sulfide) groups is 1. The highest BCUT2D eigenvalue weighted by Gasteiger charge is 2.38. The Balaban J connectivity index is 1.59. The number of carbonyl (C=O) groups excluding carboxylic acids is 2. The largest absolute Gasteiger partial charge is 0.478 e. The van der Waals surface area contributed by atoms with Crippen molar-refractivity contribution in [1.29, 1.82) is 0 Å². The van der Waals surface area contributed by atoms with Crippen molar-refractivity contribution >= 4 is 29.5 Å². The van der Waals surface area contributed by atoms with Gasteiger partial charge in [-0.15, -0.1) is 11.8 Å². The first kappa shape index (κ1) is 17.8. The Kier molecular flexibility index (Phi) is 5.36. The molecule has 1 unspecified atom stereocenters. The normalized spacial score (nSPS) is 20.8. The second kappa shape index (κ2) is 7.51. The predicted molar refractivity (Wildman–Crippen MR) is 92.2 cm³/mol. The smallest absolute Gasteiger partial charge is 0.339 e. The standard InChI is InChI=1S/C17H22N2O5S/c1-10-13(17(22)23)6-12(24-10)7-18-15(20)14-8-25-9-19(14)16(21)11-4-2-3-5-11/h6,11,14H,2-5,7-9H2,1H3,(H,18,20)(H,22,23). The zero-order chi connectivity index (χ0) is 18.0. The van der Waals surface area contributed by atoms with Crippen LogP contribution in [0.2, 0.25) is 0 Å². The summed E-state index contributed by atoms with van der Waals surface area (Å²) < 4.78 is 5.36. The van der Waals surface area contributed by atoms with Crippen LogP contribution in [0.4, 0.5) is 0 Å². The molecule has 0 spiro atoms. The van der Waals surface area contributed by atoms with Crippen LogP contribution >= 0.6 is 11.8 Å². The van der Waals surface area contributed by atoms with Crippen molar-refractivity contribution in [3.63, 3.8) is 0 Å². The third-order valence-corrected chi connectivity index (χ3v) is 5.82. The average molecular weight is 366 g/mol. The van der Waals surface area contributed by atoms with E-state index in [1.165, 1.54) is 6.07 Å². The van der Waals surface area contributed by atoms with E-state index in [1.807, 2.05) is 0 Å². The van der Waals surface area contributed by atoms with E-state index in [1.54, 1.807) is 23.6 Å². The van der Waals surface area contributed by atoms with Gasteiger partial charge in [0.2, 0.25) is 11.8 Å². The number of nitrogens with one attached hydrogen (secondary N) is 1. The molecule has 2 heterocycles. The number of aromatic carboxylic acids is 1. The van der Waals surface area contributed by atoms with Crippen LogP contribution in [0, 0.1) is 12.8 Å². The molecule has 0 radical (unpaired) electrons. The molecular formula is C17H22N2O5S. The maximum atomic E-state index is 12.6. The number of carboxylic acid groups (broad SMARTS) is 1. The van der Waals surface area contributed by atoms with Gasteiger partial charge in [-0.25, -0.2) is 4.79 Å². The van der Waals surface area contributed by atoms with Crippen molar-refractivity contribution in [1.82, 2.24) is 10.2 Å². The van der Waals surface area contributed by atoms with Gasteiger partial charge in [-0.3, -0.25) is 9.59 Å². The van der Waals surface area contributed by atoms with E-state index < -0.39 is 12.0 Å². The van der Waals surface area contributed by atoms with Gasteiger partial charge >= 0.3 is 5.97 Å². The third-order valence-electron chi connectivity index (χ3n) is 4.81. The van der Waals surface area contributed by atoms with Gasteiger partial charge in [0.1, 0.15) is 23.1 Å². The van der Waals surface area contributed by atoms with Crippen LogP contribution in [0.1, 0.15) is 47.6 Å². The second-order valence-electron chi connectivity index (χ2n) is 6.51. The van der Waals surface area contributed by atoms with Crippen LogP contribution in [0.25, 0.3) is 0 Å². The van der Waals surface area contributed by atoms with Crippen molar-refractivity contribution in [2.45, 2.75) is 45.2 Å². The summed E-state index contributed by atoms with van der Waals surface area (Å²) in [5.41, 5.74) is 0.0960. The first-order chi connectivity index (χ1) is 12.0. The Labute approximate surface area is 150 Å². The fourth-order valence-electron chi connectivity index (χ4n) is 3.42. The number of carbonyl (C=O) groups is 3. The monoisotopic (exact) mass is 366 g/mol. The summed E-state index contributed by atoms with van der Waals surface area (Å²) in [7, 11) is 0. The van der Waals surface area contributed by atoms with Crippen LogP contribution in [0.5, 0.6) is 0 Å². The molecule has 1 saturated heterocycles. The lowest BCUT2D eigenvalue weighted by molar-refractivity contribution is -0.141. The van der Waals surface area contributed by atoms with Crippen molar-refractivity contribution in [2.24, 2.45) is 5.92 Å². The Morgan fingerprint density at radius 3 is 2.72 bits per heavy atom. The molecule has 2 fully saturated rings. The third kappa shape index (κ3) is 3.84. The van der Waals surface area contributed by atoms with Crippen LogP contribution in [-0.4, -0.2) is 45.5 Å². The maximum Gasteiger partial charge on any atom is 0.339 e. The Morgan fingerprint density at radius 2 is 2.08 bits per heavy atom. The molecule has 3 rings (SSSR count). The molecule has 2 amide bonds. The fourth-order valence-corrected chi connectivity index (χ4v) is 4.58. The van der Waals surface area contributed by atoms with E-state index in [2.05, 4.69) is 5.32 Å². The van der Waals surface area contributed by atoms with Gasteiger partial charge in [-0.2, -0.15) is 0 Å². The molecule has 1 saturated carbocycles. The lowest BCUT2D eigenvalue weighted by Gasteiger charge is -2.25. The molecule has 8 heteroatoms. The van der Waals surface area contributed by atoms with Crippen LogP contribution in [0.15, 0.2) is 10.5 Å². The molecular weight excluding hydrogens is 344 g/mol. The summed E-state index contributed by atoms with van der Waals surface area (Å²) in [6.07, 6.45) is 3.99. The number of hydrogen-bond donors (Lipinski definition) is 2. The van der Waals surface area contributed by atoms with E-state index in [4.69, 9.17) is 9.52 Å². The molecule has 0 aromatic carbocycles. The Bertz CT molecular complexity index is 681. The molecule has 25 heavy (non-hydrogen) atoms. The van der Waals surface area contributed by atoms with Crippen molar-refractivity contribution in [3.05, 3.63) is 23.2 Å². The van der Waals surface area contributed by atoms with Gasteiger partial charge in [0.25, 0.3) is 0 Å². The molecule has 1 aromatic heterocycles. The molecule has 7 nitrogen and oxygen atoms in total. The first-order valence-electron chi connectivity index (χ1n) is 8.46. The van der Waals surface area contributed by atoms with Gasteiger partial charge in [-0.1, -0.05) is 12.8 Å². The summed E-state index contributed by atoms with van der Waals surface area (Å²) in [5, 5.41) is 11.8. The Morgan fingerprint density at radius 1 is 1.36 bits per heavy atom. The summed E-state index contributed by atoms with van der Waals surface area (Å²) >= 11 is 1.58. The molecule has 1 atom stereocenters. The molecule has 2 N–H and O–H groups in total. The van der Waals surface area contributed by atoms with E-state index >= 15 is 0 Å². The van der Waals surface area contributed by atoms with Crippen LogP contribution in [-0.2, 0) is 16.1 Å². The molecule has 0 bridgehead atoms. The average Bonchev–Trinajstić information content (AvgIpc) is 3.31. The topological polar surface area (TPSA) is 99.9 Å². The van der Waals surface area contributed by atoms with E-state index in [0.29, 0.717) is 23.2 Å². The number of aryl methyl sites for hydroxylation is 1. The molecule has 1 aliphatic carbocycles. The highest BCUT2D eigenvalue weighted by atomic mass is 32.2. The van der Waals surface area contributed by atoms with E-state index in [0.717, 1.165) is 25.7 Å². The molecule has 1 aromatic rings. The van der Waals surface area contributed by atoms with Crippen LogP contribution in [0.3, 0.4) is 0 Å². The minimum atomic E-state index is -1.06. The minimum Gasteiger partial charge on any atom is -0.478 e. The number of furan rings is 1. The number of hydrogen-bond acceptors (Lipinski definition) is 5.